The van der Waals surface area contributed by atoms with Gasteiger partial charge in [0.05, 0.1) is 5.69 Å². The van der Waals surface area contributed by atoms with Gasteiger partial charge in [0.1, 0.15) is 12.4 Å². The van der Waals surface area contributed by atoms with Crippen LogP contribution < -0.4 is 10.1 Å². The average Bonchev–Trinajstić information content (AvgIpc) is 3.43. The predicted octanol–water partition coefficient (Wildman–Crippen LogP) is 2.73. The van der Waals surface area contributed by atoms with Crippen LogP contribution in [0, 0.1) is 0 Å². The van der Waals surface area contributed by atoms with E-state index in [0.29, 0.717) is 12.6 Å². The molecule has 0 radical (unpaired) electrons. The SMILES string of the molecule is O=C(NC1CCCC1)N1CCN(CCOc2ccc(-c3ccn[nH]3)cc2)CC1. The molecule has 2 aromatic rings. The number of aromatic amines is 1. The van der Waals surface area contributed by atoms with Gasteiger partial charge in [0, 0.05) is 45.0 Å². The molecule has 7 nitrogen and oxygen atoms in total. The summed E-state index contributed by atoms with van der Waals surface area (Å²) in [6.07, 6.45) is 6.49. The summed E-state index contributed by atoms with van der Waals surface area (Å²) >= 11 is 0. The molecule has 1 aliphatic heterocycles. The molecule has 1 saturated carbocycles. The molecule has 2 aliphatic rings. The number of hydrogen-bond donors (Lipinski definition) is 2. The Morgan fingerprint density at radius 2 is 1.86 bits per heavy atom. The summed E-state index contributed by atoms with van der Waals surface area (Å²) in [5.74, 6) is 0.873. The number of nitrogens with one attached hydrogen (secondary N) is 2. The van der Waals surface area contributed by atoms with Gasteiger partial charge in [-0.2, -0.15) is 5.10 Å². The molecular weight excluding hydrogens is 354 g/mol. The first kappa shape index (κ1) is 18.8. The third-order valence-electron chi connectivity index (χ3n) is 5.68. The van der Waals surface area contributed by atoms with Crippen molar-refractivity contribution in [2.75, 3.05) is 39.3 Å². The summed E-state index contributed by atoms with van der Waals surface area (Å²) in [6.45, 7) is 4.91. The second-order valence-electron chi connectivity index (χ2n) is 7.60. The van der Waals surface area contributed by atoms with Gasteiger partial charge in [-0.1, -0.05) is 12.8 Å². The van der Waals surface area contributed by atoms with Gasteiger partial charge in [0.25, 0.3) is 0 Å². The maximum atomic E-state index is 12.3. The number of hydrogen-bond acceptors (Lipinski definition) is 4. The number of H-pyrrole nitrogens is 1. The van der Waals surface area contributed by atoms with E-state index in [2.05, 4.69) is 20.4 Å². The van der Waals surface area contributed by atoms with Crippen LogP contribution in [-0.4, -0.2) is 71.4 Å². The van der Waals surface area contributed by atoms with E-state index in [1.807, 2.05) is 35.2 Å². The smallest absolute Gasteiger partial charge is 0.317 e. The van der Waals surface area contributed by atoms with Gasteiger partial charge in [-0.3, -0.25) is 10.00 Å². The monoisotopic (exact) mass is 383 g/mol. The summed E-state index contributed by atoms with van der Waals surface area (Å²) < 4.78 is 5.88. The Balaban J connectivity index is 1.15. The molecule has 4 rings (SSSR count). The van der Waals surface area contributed by atoms with Crippen molar-refractivity contribution in [3.8, 4) is 17.0 Å². The van der Waals surface area contributed by atoms with Crippen LogP contribution in [-0.2, 0) is 0 Å². The molecule has 2 amide bonds. The molecule has 1 saturated heterocycles. The van der Waals surface area contributed by atoms with Crippen molar-refractivity contribution in [3.05, 3.63) is 36.5 Å². The van der Waals surface area contributed by atoms with Gasteiger partial charge >= 0.3 is 6.03 Å². The lowest BCUT2D eigenvalue weighted by atomic mass is 10.1. The molecular formula is C21H29N5O2. The lowest BCUT2D eigenvalue weighted by Gasteiger charge is -2.35. The quantitative estimate of drug-likeness (QED) is 0.804. The van der Waals surface area contributed by atoms with Crippen molar-refractivity contribution in [2.24, 2.45) is 0 Å². The number of carbonyl (C=O) groups is 1. The standard InChI is InChI=1S/C21H29N5O2/c27-21(23-18-3-1-2-4-18)26-13-11-25(12-14-26)15-16-28-19-7-5-17(6-8-19)20-9-10-22-24-20/h5-10,18H,1-4,11-16H2,(H,22,24)(H,23,27). The van der Waals surface area contributed by atoms with Crippen LogP contribution in [0.15, 0.2) is 36.5 Å². The topological polar surface area (TPSA) is 73.5 Å². The summed E-state index contributed by atoms with van der Waals surface area (Å²) in [5.41, 5.74) is 2.10. The van der Waals surface area contributed by atoms with Crippen LogP contribution in [0.5, 0.6) is 5.75 Å². The number of nitrogens with zero attached hydrogens (tertiary/aromatic N) is 3. The number of amides is 2. The molecule has 150 valence electrons. The molecule has 0 bridgehead atoms. The first-order valence-corrected chi connectivity index (χ1v) is 10.3. The van der Waals surface area contributed by atoms with E-state index in [1.165, 1.54) is 12.8 Å². The molecule has 28 heavy (non-hydrogen) atoms. The fourth-order valence-corrected chi connectivity index (χ4v) is 3.95. The number of ether oxygens (including phenoxy) is 1. The molecule has 2 heterocycles. The van der Waals surface area contributed by atoms with Crippen LogP contribution in [0.3, 0.4) is 0 Å². The molecule has 0 atom stereocenters. The first-order chi connectivity index (χ1) is 13.8. The van der Waals surface area contributed by atoms with Gasteiger partial charge in [-0.05, 0) is 48.7 Å². The van der Waals surface area contributed by atoms with Crippen molar-refractivity contribution >= 4 is 6.03 Å². The summed E-state index contributed by atoms with van der Waals surface area (Å²) in [4.78, 5) is 16.6. The zero-order valence-electron chi connectivity index (χ0n) is 16.3. The zero-order valence-corrected chi connectivity index (χ0v) is 16.3. The molecule has 1 aromatic carbocycles. The number of urea groups is 1. The van der Waals surface area contributed by atoms with Crippen LogP contribution in [0.2, 0.25) is 0 Å². The minimum absolute atomic E-state index is 0.111. The van der Waals surface area contributed by atoms with Crippen molar-refractivity contribution in [3.63, 3.8) is 0 Å². The number of aromatic nitrogens is 2. The van der Waals surface area contributed by atoms with Crippen LogP contribution in [0.1, 0.15) is 25.7 Å². The molecule has 2 N–H and O–H groups in total. The minimum atomic E-state index is 0.111. The van der Waals surface area contributed by atoms with E-state index in [-0.39, 0.29) is 6.03 Å². The Morgan fingerprint density at radius 3 is 2.54 bits per heavy atom. The first-order valence-electron chi connectivity index (χ1n) is 10.3. The van der Waals surface area contributed by atoms with E-state index in [9.17, 15) is 4.79 Å². The molecule has 2 fully saturated rings. The van der Waals surface area contributed by atoms with E-state index >= 15 is 0 Å². The highest BCUT2D eigenvalue weighted by molar-refractivity contribution is 5.74. The van der Waals surface area contributed by atoms with Gasteiger partial charge in [0.2, 0.25) is 0 Å². The zero-order chi connectivity index (χ0) is 19.2. The van der Waals surface area contributed by atoms with E-state index in [1.54, 1.807) is 6.20 Å². The molecule has 1 aliphatic carbocycles. The number of rotatable bonds is 6. The van der Waals surface area contributed by atoms with Crippen LogP contribution in [0.25, 0.3) is 11.3 Å². The summed E-state index contributed by atoms with van der Waals surface area (Å²) in [7, 11) is 0. The third-order valence-corrected chi connectivity index (χ3v) is 5.68. The largest absolute Gasteiger partial charge is 0.492 e. The van der Waals surface area contributed by atoms with Crippen molar-refractivity contribution < 1.29 is 9.53 Å². The van der Waals surface area contributed by atoms with Gasteiger partial charge in [0.15, 0.2) is 0 Å². The van der Waals surface area contributed by atoms with E-state index in [0.717, 1.165) is 62.6 Å². The Morgan fingerprint density at radius 1 is 1.11 bits per heavy atom. The van der Waals surface area contributed by atoms with Gasteiger partial charge < -0.3 is 15.0 Å². The van der Waals surface area contributed by atoms with Gasteiger partial charge in [-0.25, -0.2) is 4.79 Å². The molecule has 0 unspecified atom stereocenters. The third kappa shape index (κ3) is 4.84. The highest BCUT2D eigenvalue weighted by Gasteiger charge is 2.24. The summed E-state index contributed by atoms with van der Waals surface area (Å²) in [6, 6.07) is 10.5. The fraction of sp³-hybridized carbons (Fsp3) is 0.524. The number of carbonyl (C=O) groups excluding carboxylic acids is 1. The average molecular weight is 383 g/mol. The maximum Gasteiger partial charge on any atom is 0.317 e. The van der Waals surface area contributed by atoms with Gasteiger partial charge in [-0.15, -0.1) is 0 Å². The predicted molar refractivity (Wildman–Crippen MR) is 108 cm³/mol. The minimum Gasteiger partial charge on any atom is -0.492 e. The molecule has 1 aromatic heterocycles. The lowest BCUT2D eigenvalue weighted by Crippen LogP contribution is -2.53. The van der Waals surface area contributed by atoms with Crippen molar-refractivity contribution in [2.45, 2.75) is 31.7 Å². The van der Waals surface area contributed by atoms with E-state index < -0.39 is 0 Å². The highest BCUT2D eigenvalue weighted by atomic mass is 16.5. The molecule has 7 heteroatoms. The normalized spacial score (nSPS) is 18.4. The maximum absolute atomic E-state index is 12.3. The number of piperazine rings is 1. The Kier molecular flexibility index (Phi) is 6.11. The fourth-order valence-electron chi connectivity index (χ4n) is 3.95. The lowest BCUT2D eigenvalue weighted by molar-refractivity contribution is 0.124. The van der Waals surface area contributed by atoms with Crippen molar-refractivity contribution in [1.29, 1.82) is 0 Å². The Hall–Kier alpha value is -2.54. The number of benzene rings is 1. The highest BCUT2D eigenvalue weighted by Crippen LogP contribution is 2.20. The summed E-state index contributed by atoms with van der Waals surface area (Å²) in [5, 5.41) is 10.1. The molecule has 0 spiro atoms. The Labute approximate surface area is 166 Å². The van der Waals surface area contributed by atoms with Crippen molar-refractivity contribution in [1.82, 2.24) is 25.3 Å². The second kappa shape index (κ2) is 9.10. The van der Waals surface area contributed by atoms with Crippen LogP contribution in [0.4, 0.5) is 4.79 Å². The second-order valence-corrected chi connectivity index (χ2v) is 7.60. The Bertz CT molecular complexity index is 733. The van der Waals surface area contributed by atoms with Crippen LogP contribution >= 0.6 is 0 Å². The van der Waals surface area contributed by atoms with E-state index in [4.69, 9.17) is 4.74 Å².